The summed E-state index contributed by atoms with van der Waals surface area (Å²) in [7, 11) is 0. The zero-order chi connectivity index (χ0) is 9.14. The highest BCUT2D eigenvalue weighted by atomic mass is 16.3. The summed E-state index contributed by atoms with van der Waals surface area (Å²) < 4.78 is 0. The van der Waals surface area contributed by atoms with Crippen molar-refractivity contribution in [1.82, 2.24) is 0 Å². The minimum atomic E-state index is -0.240. The van der Waals surface area contributed by atoms with E-state index in [1.807, 2.05) is 0 Å². The molecule has 4 nitrogen and oxygen atoms in total. The fourth-order valence-corrected chi connectivity index (χ4v) is 0.852. The Morgan fingerprint density at radius 3 is 2.83 bits per heavy atom. The van der Waals surface area contributed by atoms with Gasteiger partial charge in [-0.1, -0.05) is 6.07 Å². The standard InChI is InChI=1S/C8H10N2O2/c1-5(11)10-7-4-2-3-6(9)8(7)12/h2-4,12H,9H2,1H3,(H,10,11). The third-order valence-electron chi connectivity index (χ3n) is 1.38. The minimum Gasteiger partial charge on any atom is -0.504 e. The second kappa shape index (κ2) is 3.13. The molecular formula is C8H10N2O2. The van der Waals surface area contributed by atoms with Crippen LogP contribution in [-0.2, 0) is 4.79 Å². The number of hydrogen-bond acceptors (Lipinski definition) is 3. The molecule has 4 heteroatoms. The van der Waals surface area contributed by atoms with Gasteiger partial charge in [0.1, 0.15) is 0 Å². The zero-order valence-electron chi connectivity index (χ0n) is 6.66. The smallest absolute Gasteiger partial charge is 0.221 e. The molecule has 0 aliphatic rings. The molecule has 0 spiro atoms. The zero-order valence-corrected chi connectivity index (χ0v) is 6.66. The van der Waals surface area contributed by atoms with Crippen molar-refractivity contribution >= 4 is 17.3 Å². The predicted octanol–water partition coefficient (Wildman–Crippen LogP) is 0.933. The van der Waals surface area contributed by atoms with Crippen LogP contribution < -0.4 is 11.1 Å². The number of amides is 1. The van der Waals surface area contributed by atoms with E-state index in [0.717, 1.165) is 0 Å². The van der Waals surface area contributed by atoms with Crippen LogP contribution in [-0.4, -0.2) is 11.0 Å². The Bertz CT molecular complexity index is 310. The van der Waals surface area contributed by atoms with E-state index in [-0.39, 0.29) is 17.3 Å². The van der Waals surface area contributed by atoms with Gasteiger partial charge in [0.15, 0.2) is 5.75 Å². The summed E-state index contributed by atoms with van der Waals surface area (Å²) >= 11 is 0. The number of carbonyl (C=O) groups excluding carboxylic acids is 1. The molecule has 0 fully saturated rings. The molecule has 1 rings (SSSR count). The van der Waals surface area contributed by atoms with Gasteiger partial charge in [-0.2, -0.15) is 0 Å². The molecule has 0 heterocycles. The van der Waals surface area contributed by atoms with E-state index in [1.54, 1.807) is 18.2 Å². The summed E-state index contributed by atoms with van der Waals surface area (Å²) in [6.07, 6.45) is 0. The number of rotatable bonds is 1. The summed E-state index contributed by atoms with van der Waals surface area (Å²) in [4.78, 5) is 10.6. The molecule has 0 aliphatic carbocycles. The van der Waals surface area contributed by atoms with Crippen molar-refractivity contribution in [1.29, 1.82) is 0 Å². The van der Waals surface area contributed by atoms with E-state index in [2.05, 4.69) is 5.32 Å². The number of phenols is 1. The van der Waals surface area contributed by atoms with Crippen molar-refractivity contribution in [2.24, 2.45) is 0 Å². The van der Waals surface area contributed by atoms with E-state index >= 15 is 0 Å². The number of phenolic OH excluding ortho intramolecular Hbond substituents is 1. The second-order valence-corrected chi connectivity index (χ2v) is 2.42. The molecule has 0 saturated carbocycles. The van der Waals surface area contributed by atoms with Gasteiger partial charge in [0.05, 0.1) is 11.4 Å². The van der Waals surface area contributed by atoms with Crippen LogP contribution in [0.25, 0.3) is 0 Å². The van der Waals surface area contributed by atoms with Gasteiger partial charge in [-0.15, -0.1) is 0 Å². The van der Waals surface area contributed by atoms with Crippen LogP contribution in [0.1, 0.15) is 6.92 Å². The monoisotopic (exact) mass is 166 g/mol. The third-order valence-corrected chi connectivity index (χ3v) is 1.38. The topological polar surface area (TPSA) is 75.4 Å². The Kier molecular flexibility index (Phi) is 2.19. The van der Waals surface area contributed by atoms with Gasteiger partial charge >= 0.3 is 0 Å². The molecule has 12 heavy (non-hydrogen) atoms. The lowest BCUT2D eigenvalue weighted by Gasteiger charge is -2.05. The Hall–Kier alpha value is -1.71. The van der Waals surface area contributed by atoms with Crippen LogP contribution in [0.5, 0.6) is 5.75 Å². The molecule has 1 aromatic carbocycles. The normalized spacial score (nSPS) is 9.42. The summed E-state index contributed by atoms with van der Waals surface area (Å²) in [5.41, 5.74) is 5.98. The van der Waals surface area contributed by atoms with Crippen LogP contribution in [0.3, 0.4) is 0 Å². The Morgan fingerprint density at radius 2 is 2.25 bits per heavy atom. The van der Waals surface area contributed by atoms with Crippen molar-refractivity contribution in [3.63, 3.8) is 0 Å². The number of anilines is 2. The van der Waals surface area contributed by atoms with Gasteiger partial charge in [0.2, 0.25) is 5.91 Å². The number of para-hydroxylation sites is 1. The first-order valence-corrected chi connectivity index (χ1v) is 3.46. The number of nitrogens with two attached hydrogens (primary N) is 1. The maximum absolute atomic E-state index is 10.6. The van der Waals surface area contributed by atoms with E-state index in [4.69, 9.17) is 5.73 Å². The molecule has 0 aromatic heterocycles. The third kappa shape index (κ3) is 1.66. The van der Waals surface area contributed by atoms with Gasteiger partial charge in [0.25, 0.3) is 0 Å². The van der Waals surface area contributed by atoms with E-state index in [0.29, 0.717) is 5.69 Å². The van der Waals surface area contributed by atoms with Crippen molar-refractivity contribution in [3.05, 3.63) is 18.2 Å². The van der Waals surface area contributed by atoms with Gasteiger partial charge in [-0.3, -0.25) is 4.79 Å². The molecule has 4 N–H and O–H groups in total. The van der Waals surface area contributed by atoms with Gasteiger partial charge in [-0.25, -0.2) is 0 Å². The number of nitrogens with one attached hydrogen (secondary N) is 1. The van der Waals surface area contributed by atoms with E-state index in [9.17, 15) is 9.90 Å². The maximum Gasteiger partial charge on any atom is 0.221 e. The van der Waals surface area contributed by atoms with Crippen LogP contribution in [0.4, 0.5) is 11.4 Å². The van der Waals surface area contributed by atoms with Crippen LogP contribution in [0, 0.1) is 0 Å². The second-order valence-electron chi connectivity index (χ2n) is 2.42. The average molecular weight is 166 g/mol. The van der Waals surface area contributed by atoms with Crippen LogP contribution in [0.2, 0.25) is 0 Å². The fraction of sp³-hybridized carbons (Fsp3) is 0.125. The van der Waals surface area contributed by atoms with Gasteiger partial charge in [0, 0.05) is 6.92 Å². The first kappa shape index (κ1) is 8.39. The highest BCUT2D eigenvalue weighted by molar-refractivity contribution is 5.91. The number of benzene rings is 1. The predicted molar refractivity (Wildman–Crippen MR) is 46.8 cm³/mol. The summed E-state index contributed by atoms with van der Waals surface area (Å²) in [5.74, 6) is -0.330. The number of carbonyl (C=O) groups is 1. The number of aromatic hydroxyl groups is 1. The van der Waals surface area contributed by atoms with Gasteiger partial charge in [-0.05, 0) is 12.1 Å². The SMILES string of the molecule is CC(=O)Nc1cccc(N)c1O. The van der Waals surface area contributed by atoms with Crippen molar-refractivity contribution < 1.29 is 9.90 Å². The van der Waals surface area contributed by atoms with Crippen molar-refractivity contribution in [2.45, 2.75) is 6.92 Å². The molecule has 0 aliphatic heterocycles. The number of hydrogen-bond donors (Lipinski definition) is 3. The lowest BCUT2D eigenvalue weighted by molar-refractivity contribution is -0.114. The molecule has 0 bridgehead atoms. The molecule has 0 unspecified atom stereocenters. The largest absolute Gasteiger partial charge is 0.504 e. The maximum atomic E-state index is 10.6. The van der Waals surface area contributed by atoms with E-state index in [1.165, 1.54) is 6.92 Å². The molecular weight excluding hydrogens is 156 g/mol. The van der Waals surface area contributed by atoms with E-state index < -0.39 is 0 Å². The number of nitrogen functional groups attached to an aromatic ring is 1. The first-order chi connectivity index (χ1) is 5.61. The molecule has 0 radical (unpaired) electrons. The van der Waals surface area contributed by atoms with Crippen LogP contribution >= 0.6 is 0 Å². The molecule has 0 saturated heterocycles. The van der Waals surface area contributed by atoms with Crippen molar-refractivity contribution in [3.8, 4) is 5.75 Å². The highest BCUT2D eigenvalue weighted by Crippen LogP contribution is 2.28. The average Bonchev–Trinajstić information content (AvgIpc) is 1.98. The molecule has 1 amide bonds. The minimum absolute atomic E-state index is 0.0901. The quantitative estimate of drug-likeness (QED) is 0.429. The van der Waals surface area contributed by atoms with Gasteiger partial charge < -0.3 is 16.2 Å². The highest BCUT2D eigenvalue weighted by Gasteiger charge is 2.04. The molecule has 0 atom stereocenters. The van der Waals surface area contributed by atoms with Crippen molar-refractivity contribution in [2.75, 3.05) is 11.1 Å². The Labute approximate surface area is 70.0 Å². The summed E-state index contributed by atoms with van der Waals surface area (Å²) in [6, 6.07) is 4.79. The lowest BCUT2D eigenvalue weighted by Crippen LogP contribution is -2.06. The van der Waals surface area contributed by atoms with Crippen LogP contribution in [0.15, 0.2) is 18.2 Å². The molecule has 1 aromatic rings. The summed E-state index contributed by atoms with van der Waals surface area (Å²) in [6.45, 7) is 1.36. The fourth-order valence-electron chi connectivity index (χ4n) is 0.852. The Balaban J connectivity index is 3.00. The molecule has 64 valence electrons. The Morgan fingerprint density at radius 1 is 1.58 bits per heavy atom. The lowest BCUT2D eigenvalue weighted by atomic mass is 10.2. The first-order valence-electron chi connectivity index (χ1n) is 3.46. The summed E-state index contributed by atoms with van der Waals surface area (Å²) in [5, 5.41) is 11.8.